The highest BCUT2D eigenvalue weighted by Crippen LogP contribution is 2.32. The smallest absolute Gasteiger partial charge is 0.270 e. The molecule has 0 saturated carbocycles. The maximum Gasteiger partial charge on any atom is 0.270 e. The van der Waals surface area contributed by atoms with Gasteiger partial charge in [-0.3, -0.25) is 14.4 Å². The molecule has 2 heterocycles. The fourth-order valence-electron chi connectivity index (χ4n) is 3.69. The molecule has 0 radical (unpaired) electrons. The summed E-state index contributed by atoms with van der Waals surface area (Å²) in [5.74, 6) is -1.10. The molecule has 0 unspecified atom stereocenters. The molecule has 1 aliphatic rings. The number of fused-ring (bicyclic) bond motifs is 1. The van der Waals surface area contributed by atoms with Crippen LogP contribution in [0.15, 0.2) is 42.5 Å². The van der Waals surface area contributed by atoms with Crippen molar-refractivity contribution in [3.8, 4) is 0 Å². The highest BCUT2D eigenvalue weighted by molar-refractivity contribution is 7.20. The van der Waals surface area contributed by atoms with Gasteiger partial charge in [-0.25, -0.2) is 4.98 Å². The third-order valence-electron chi connectivity index (χ3n) is 5.41. The number of nitrogens with one attached hydrogen (secondary N) is 2. The van der Waals surface area contributed by atoms with Gasteiger partial charge in [-0.1, -0.05) is 41.7 Å². The standard InChI is InChI=1S/C22H23N5O3S/c1-13(28)27-10-8-15(9-11-27)20(30)26-21-18(19(23)29)25-22(31-21)24-17-7-6-14-4-2-3-5-16(14)12-17/h2-7,12,15H,8-11H2,1H3,(H2,23,29)(H,24,25)(H,26,30). The van der Waals surface area contributed by atoms with Gasteiger partial charge in [0.05, 0.1) is 0 Å². The van der Waals surface area contributed by atoms with Crippen LogP contribution >= 0.6 is 11.3 Å². The van der Waals surface area contributed by atoms with Gasteiger partial charge in [0.15, 0.2) is 10.8 Å². The second kappa shape index (κ2) is 8.73. The third kappa shape index (κ3) is 4.66. The summed E-state index contributed by atoms with van der Waals surface area (Å²) in [4.78, 5) is 42.1. The number of carbonyl (C=O) groups is 3. The monoisotopic (exact) mass is 437 g/mol. The molecule has 3 aromatic rings. The Morgan fingerprint density at radius 3 is 2.48 bits per heavy atom. The van der Waals surface area contributed by atoms with Crippen molar-refractivity contribution in [2.24, 2.45) is 11.7 Å². The number of hydrogen-bond acceptors (Lipinski definition) is 6. The Kier molecular flexibility index (Phi) is 5.85. The van der Waals surface area contributed by atoms with Gasteiger partial charge in [-0.15, -0.1) is 0 Å². The summed E-state index contributed by atoms with van der Waals surface area (Å²) >= 11 is 1.17. The Labute approximate surface area is 183 Å². The molecule has 1 saturated heterocycles. The Bertz CT molecular complexity index is 1150. The van der Waals surface area contributed by atoms with E-state index in [-0.39, 0.29) is 23.4 Å². The first kappa shape index (κ1) is 20.8. The van der Waals surface area contributed by atoms with Crippen LogP contribution in [0, 0.1) is 5.92 Å². The van der Waals surface area contributed by atoms with Gasteiger partial charge in [0.1, 0.15) is 5.00 Å². The van der Waals surface area contributed by atoms with Crippen molar-refractivity contribution >= 4 is 55.7 Å². The van der Waals surface area contributed by atoms with Crippen molar-refractivity contribution in [2.45, 2.75) is 19.8 Å². The Morgan fingerprint density at radius 1 is 1.10 bits per heavy atom. The molecule has 0 bridgehead atoms. The van der Waals surface area contributed by atoms with Crippen LogP contribution in [0.25, 0.3) is 10.8 Å². The number of nitrogens with two attached hydrogens (primary N) is 1. The molecule has 8 nitrogen and oxygen atoms in total. The summed E-state index contributed by atoms with van der Waals surface area (Å²) < 4.78 is 0. The van der Waals surface area contributed by atoms with Crippen LogP contribution in [-0.4, -0.2) is 40.7 Å². The quantitative estimate of drug-likeness (QED) is 0.566. The van der Waals surface area contributed by atoms with E-state index in [9.17, 15) is 14.4 Å². The highest BCUT2D eigenvalue weighted by atomic mass is 32.1. The Hall–Kier alpha value is -3.46. The molecule has 4 N–H and O–H groups in total. The first-order valence-electron chi connectivity index (χ1n) is 10.0. The van der Waals surface area contributed by atoms with E-state index in [0.717, 1.165) is 16.5 Å². The van der Waals surface area contributed by atoms with Crippen LogP contribution in [0.4, 0.5) is 15.8 Å². The molecule has 1 aromatic heterocycles. The number of primary amides is 1. The molecular weight excluding hydrogens is 414 g/mol. The number of piperidine rings is 1. The van der Waals surface area contributed by atoms with E-state index >= 15 is 0 Å². The molecule has 3 amide bonds. The lowest BCUT2D eigenvalue weighted by molar-refractivity contribution is -0.132. The van der Waals surface area contributed by atoms with Crippen LogP contribution in [0.2, 0.25) is 0 Å². The number of thiazole rings is 1. The summed E-state index contributed by atoms with van der Waals surface area (Å²) in [5, 5.41) is 8.99. The molecular formula is C22H23N5O3S. The number of rotatable bonds is 5. The van der Waals surface area contributed by atoms with Crippen molar-refractivity contribution in [3.63, 3.8) is 0 Å². The third-order valence-corrected chi connectivity index (χ3v) is 6.30. The largest absolute Gasteiger partial charge is 0.364 e. The van der Waals surface area contributed by atoms with Gasteiger partial charge in [-0.2, -0.15) is 0 Å². The molecule has 9 heteroatoms. The van der Waals surface area contributed by atoms with Crippen molar-refractivity contribution in [1.82, 2.24) is 9.88 Å². The number of aromatic nitrogens is 1. The maximum absolute atomic E-state index is 12.7. The van der Waals surface area contributed by atoms with Gasteiger partial charge < -0.3 is 21.3 Å². The molecule has 0 aliphatic carbocycles. The summed E-state index contributed by atoms with van der Waals surface area (Å²) in [5.41, 5.74) is 6.33. The predicted octanol–water partition coefficient (Wildman–Crippen LogP) is 3.34. The zero-order valence-electron chi connectivity index (χ0n) is 17.1. The zero-order valence-corrected chi connectivity index (χ0v) is 17.9. The lowest BCUT2D eigenvalue weighted by Crippen LogP contribution is -2.40. The Morgan fingerprint density at radius 2 is 1.81 bits per heavy atom. The minimum atomic E-state index is -0.704. The van der Waals surface area contributed by atoms with E-state index in [2.05, 4.69) is 15.6 Å². The summed E-state index contributed by atoms with van der Waals surface area (Å²) in [6.07, 6.45) is 1.16. The molecule has 31 heavy (non-hydrogen) atoms. The fourth-order valence-corrected chi connectivity index (χ4v) is 4.58. The number of carbonyl (C=O) groups excluding carboxylic acids is 3. The minimum absolute atomic E-state index is 0.0155. The average molecular weight is 438 g/mol. The highest BCUT2D eigenvalue weighted by Gasteiger charge is 2.28. The van der Waals surface area contributed by atoms with Crippen LogP contribution in [0.5, 0.6) is 0 Å². The number of amides is 3. The number of anilines is 3. The van der Waals surface area contributed by atoms with E-state index in [1.165, 1.54) is 18.3 Å². The summed E-state index contributed by atoms with van der Waals surface area (Å²) in [6, 6.07) is 13.9. The molecule has 160 valence electrons. The normalized spacial score (nSPS) is 14.4. The SMILES string of the molecule is CC(=O)N1CCC(C(=O)Nc2sc(Nc3ccc4ccccc4c3)nc2C(N)=O)CC1. The van der Waals surface area contributed by atoms with E-state index in [0.29, 0.717) is 36.1 Å². The summed E-state index contributed by atoms with van der Waals surface area (Å²) in [7, 11) is 0. The average Bonchev–Trinajstić information content (AvgIpc) is 3.16. The number of likely N-dealkylation sites (tertiary alicyclic amines) is 1. The van der Waals surface area contributed by atoms with Gasteiger partial charge in [0, 0.05) is 31.6 Å². The van der Waals surface area contributed by atoms with Crippen molar-refractivity contribution in [1.29, 1.82) is 0 Å². The van der Waals surface area contributed by atoms with Crippen LogP contribution in [0.1, 0.15) is 30.3 Å². The summed E-state index contributed by atoms with van der Waals surface area (Å²) in [6.45, 7) is 2.63. The van der Waals surface area contributed by atoms with Gasteiger partial charge >= 0.3 is 0 Å². The molecule has 0 atom stereocenters. The van der Waals surface area contributed by atoms with Crippen LogP contribution < -0.4 is 16.4 Å². The van der Waals surface area contributed by atoms with E-state index in [4.69, 9.17) is 5.73 Å². The van der Waals surface area contributed by atoms with Gasteiger partial charge in [-0.05, 0) is 35.7 Å². The minimum Gasteiger partial charge on any atom is -0.364 e. The number of hydrogen-bond donors (Lipinski definition) is 3. The van der Waals surface area contributed by atoms with Crippen LogP contribution in [-0.2, 0) is 9.59 Å². The van der Waals surface area contributed by atoms with E-state index in [1.54, 1.807) is 4.90 Å². The van der Waals surface area contributed by atoms with Crippen molar-refractivity contribution < 1.29 is 14.4 Å². The maximum atomic E-state index is 12.7. The fraction of sp³-hybridized carbons (Fsp3) is 0.273. The second-order valence-corrected chi connectivity index (χ2v) is 8.52. The molecule has 1 fully saturated rings. The number of benzene rings is 2. The Balaban J connectivity index is 1.48. The van der Waals surface area contributed by atoms with Crippen molar-refractivity contribution in [2.75, 3.05) is 23.7 Å². The van der Waals surface area contributed by atoms with Gasteiger partial charge in [0.25, 0.3) is 5.91 Å². The lowest BCUT2D eigenvalue weighted by atomic mass is 9.96. The first-order chi connectivity index (χ1) is 14.9. The van der Waals surface area contributed by atoms with Crippen LogP contribution in [0.3, 0.4) is 0 Å². The molecule has 2 aromatic carbocycles. The number of nitrogens with zero attached hydrogens (tertiary/aromatic N) is 2. The lowest BCUT2D eigenvalue weighted by Gasteiger charge is -2.30. The molecule has 1 aliphatic heterocycles. The predicted molar refractivity (Wildman–Crippen MR) is 121 cm³/mol. The molecule has 0 spiro atoms. The second-order valence-electron chi connectivity index (χ2n) is 7.52. The topological polar surface area (TPSA) is 117 Å². The van der Waals surface area contributed by atoms with Gasteiger partial charge in [0.2, 0.25) is 11.8 Å². The molecule has 4 rings (SSSR count). The van der Waals surface area contributed by atoms with E-state index in [1.807, 2.05) is 42.5 Å². The first-order valence-corrected chi connectivity index (χ1v) is 10.8. The van der Waals surface area contributed by atoms with Crippen molar-refractivity contribution in [3.05, 3.63) is 48.2 Å². The van der Waals surface area contributed by atoms with E-state index < -0.39 is 5.91 Å². The zero-order chi connectivity index (χ0) is 22.0.